The summed E-state index contributed by atoms with van der Waals surface area (Å²) in [5.74, 6) is -0.841. The Morgan fingerprint density at radius 3 is 2.51 bits per heavy atom. The maximum Gasteiger partial charge on any atom is 0.510 e. The molecule has 2 N–H and O–H groups in total. The van der Waals surface area contributed by atoms with Gasteiger partial charge in [-0.3, -0.25) is 28.2 Å². The van der Waals surface area contributed by atoms with Crippen molar-refractivity contribution in [1.82, 2.24) is 14.6 Å². The molecule has 0 saturated carbocycles. The Morgan fingerprint density at radius 1 is 1.20 bits per heavy atom. The van der Waals surface area contributed by atoms with Crippen LogP contribution in [0.1, 0.15) is 47.3 Å². The van der Waals surface area contributed by atoms with E-state index in [1.165, 1.54) is 16.8 Å². The molecule has 15 heteroatoms. The zero-order chi connectivity index (χ0) is 26.2. The molecular weight excluding hydrogens is 489 g/mol. The van der Waals surface area contributed by atoms with Gasteiger partial charge in [0.1, 0.15) is 12.8 Å². The summed E-state index contributed by atoms with van der Waals surface area (Å²) in [6, 6.07) is 1.20. The van der Waals surface area contributed by atoms with Gasteiger partial charge in [-0.1, -0.05) is 6.92 Å². The zero-order valence-corrected chi connectivity index (χ0v) is 21.1. The van der Waals surface area contributed by atoms with Crippen LogP contribution in [0.5, 0.6) is 0 Å². The number of carbonyl (C=O) groups excluding carboxylic acids is 2. The van der Waals surface area contributed by atoms with E-state index in [-0.39, 0.29) is 18.6 Å². The van der Waals surface area contributed by atoms with Gasteiger partial charge in [-0.15, -0.1) is 0 Å². The van der Waals surface area contributed by atoms with Gasteiger partial charge in [0.25, 0.3) is 5.56 Å². The lowest BCUT2D eigenvalue weighted by Gasteiger charge is -2.21. The van der Waals surface area contributed by atoms with Crippen LogP contribution in [0.2, 0.25) is 0 Å². The predicted molar refractivity (Wildman–Crippen MR) is 120 cm³/mol. The summed E-state index contributed by atoms with van der Waals surface area (Å²) in [4.78, 5) is 49.0. The Labute approximate surface area is 201 Å². The smallest absolute Gasteiger partial charge is 0.462 e. The number of aromatic nitrogens is 2. The molecule has 0 spiro atoms. The lowest BCUT2D eigenvalue weighted by molar-refractivity contribution is -0.146. The number of hydrogen-bond donors (Lipinski definition) is 2. The number of ether oxygens (including phenoxy) is 4. The van der Waals surface area contributed by atoms with E-state index in [0.29, 0.717) is 6.42 Å². The fourth-order valence-electron chi connectivity index (χ4n) is 3.14. The van der Waals surface area contributed by atoms with Gasteiger partial charge in [-0.25, -0.2) is 19.2 Å². The van der Waals surface area contributed by atoms with E-state index in [4.69, 9.17) is 28.0 Å². The zero-order valence-electron chi connectivity index (χ0n) is 20.3. The molecule has 2 heterocycles. The summed E-state index contributed by atoms with van der Waals surface area (Å²) in [6.07, 6.45) is -1.37. The molecular formula is C20H32N3O11P. The number of nitrogens with zero attached hydrogens (tertiary/aromatic N) is 1. The Bertz CT molecular complexity index is 1020. The molecule has 35 heavy (non-hydrogen) atoms. The second-order valence-electron chi connectivity index (χ2n) is 8.35. The van der Waals surface area contributed by atoms with E-state index in [0.717, 1.165) is 0 Å². The van der Waals surface area contributed by atoms with Crippen molar-refractivity contribution in [1.29, 1.82) is 0 Å². The second kappa shape index (κ2) is 13.0. The third-order valence-electron chi connectivity index (χ3n) is 4.52. The molecule has 14 nitrogen and oxygen atoms in total. The summed E-state index contributed by atoms with van der Waals surface area (Å²) in [6.45, 7) is 6.88. The van der Waals surface area contributed by atoms with Gasteiger partial charge >= 0.3 is 25.6 Å². The minimum atomic E-state index is -4.17. The minimum absolute atomic E-state index is 0.143. The van der Waals surface area contributed by atoms with Gasteiger partial charge in [0.05, 0.1) is 24.9 Å². The molecule has 0 aromatic carbocycles. The highest BCUT2D eigenvalue weighted by Gasteiger charge is 2.36. The van der Waals surface area contributed by atoms with Gasteiger partial charge in [-0.2, -0.15) is 0 Å². The Balaban J connectivity index is 2.00. The first kappa shape index (κ1) is 28.7. The first-order valence-corrected chi connectivity index (χ1v) is 12.6. The first-order chi connectivity index (χ1) is 16.4. The van der Waals surface area contributed by atoms with Crippen molar-refractivity contribution in [2.75, 3.05) is 19.9 Å². The van der Waals surface area contributed by atoms with E-state index in [2.05, 4.69) is 10.1 Å². The number of aromatic amines is 1. The summed E-state index contributed by atoms with van der Waals surface area (Å²) in [5, 5.41) is 2.36. The number of hydrogen-bond acceptors (Lipinski definition) is 11. The largest absolute Gasteiger partial charge is 0.510 e. The maximum atomic E-state index is 13.1. The highest BCUT2D eigenvalue weighted by Crippen LogP contribution is 2.45. The van der Waals surface area contributed by atoms with E-state index >= 15 is 0 Å². The molecule has 198 valence electrons. The summed E-state index contributed by atoms with van der Waals surface area (Å²) in [7, 11) is -4.17. The SMILES string of the molecule is CC(C)OC(=O)CNP(=O)(OCOC(=O)OC(C)C)OCC1C[C@H](C)[C@H](n2ccc(=O)[nH]c2=O)O1. The fraction of sp³-hybridized carbons (Fsp3) is 0.700. The minimum Gasteiger partial charge on any atom is -0.462 e. The second-order valence-corrected chi connectivity index (χ2v) is 10.2. The fourth-order valence-corrected chi connectivity index (χ4v) is 4.27. The summed E-state index contributed by atoms with van der Waals surface area (Å²) >= 11 is 0. The highest BCUT2D eigenvalue weighted by atomic mass is 31.2. The molecule has 2 unspecified atom stereocenters. The van der Waals surface area contributed by atoms with Crippen LogP contribution in [0.25, 0.3) is 0 Å². The molecule has 0 radical (unpaired) electrons. The highest BCUT2D eigenvalue weighted by molar-refractivity contribution is 7.51. The molecule has 1 saturated heterocycles. The van der Waals surface area contributed by atoms with Crippen LogP contribution in [0, 0.1) is 5.92 Å². The molecule has 4 atom stereocenters. The normalized spacial score (nSPS) is 21.6. The maximum absolute atomic E-state index is 13.1. The van der Waals surface area contributed by atoms with Crippen molar-refractivity contribution in [3.8, 4) is 0 Å². The van der Waals surface area contributed by atoms with Crippen LogP contribution in [0.3, 0.4) is 0 Å². The number of nitrogens with one attached hydrogen (secondary N) is 2. The molecule has 2 rings (SSSR count). The lowest BCUT2D eigenvalue weighted by atomic mass is 10.1. The average molecular weight is 521 g/mol. The Kier molecular flexibility index (Phi) is 10.7. The molecule has 1 aromatic heterocycles. The molecule has 0 bridgehead atoms. The molecule has 0 amide bonds. The van der Waals surface area contributed by atoms with Crippen molar-refractivity contribution >= 4 is 19.9 Å². The van der Waals surface area contributed by atoms with Gasteiger partial charge in [0.15, 0.2) is 0 Å². The van der Waals surface area contributed by atoms with Crippen molar-refractivity contribution in [2.45, 2.75) is 65.6 Å². The monoisotopic (exact) mass is 521 g/mol. The van der Waals surface area contributed by atoms with E-state index in [1.54, 1.807) is 27.7 Å². The van der Waals surface area contributed by atoms with Crippen molar-refractivity contribution in [2.24, 2.45) is 5.92 Å². The average Bonchev–Trinajstić information content (AvgIpc) is 3.10. The number of carbonyl (C=O) groups is 2. The van der Waals surface area contributed by atoms with E-state index < -0.39 is 62.9 Å². The van der Waals surface area contributed by atoms with Crippen molar-refractivity contribution in [3.05, 3.63) is 33.1 Å². The lowest BCUT2D eigenvalue weighted by Crippen LogP contribution is -2.33. The van der Waals surface area contributed by atoms with Crippen molar-refractivity contribution < 1.29 is 42.1 Å². The third kappa shape index (κ3) is 9.57. The number of esters is 1. The summed E-state index contributed by atoms with van der Waals surface area (Å²) < 4.78 is 45.3. The Hall–Kier alpha value is -2.51. The van der Waals surface area contributed by atoms with Crippen molar-refractivity contribution in [3.63, 3.8) is 0 Å². The van der Waals surface area contributed by atoms with E-state index in [9.17, 15) is 23.7 Å². The van der Waals surface area contributed by atoms with Gasteiger partial charge in [-0.05, 0) is 34.1 Å². The third-order valence-corrected chi connectivity index (χ3v) is 6.00. The van der Waals surface area contributed by atoms with Crippen LogP contribution < -0.4 is 16.3 Å². The quantitative estimate of drug-likeness (QED) is 0.232. The number of rotatable bonds is 12. The molecule has 1 fully saturated rings. The molecule has 1 aliphatic rings. The van der Waals surface area contributed by atoms with Crippen LogP contribution in [0.15, 0.2) is 21.9 Å². The van der Waals surface area contributed by atoms with E-state index in [1.807, 2.05) is 6.92 Å². The molecule has 1 aliphatic heterocycles. The van der Waals surface area contributed by atoms with Crippen LogP contribution in [0.4, 0.5) is 4.79 Å². The van der Waals surface area contributed by atoms with Gasteiger partial charge < -0.3 is 18.9 Å². The molecule has 0 aliphatic carbocycles. The molecule has 1 aromatic rings. The van der Waals surface area contributed by atoms with Gasteiger partial charge in [0, 0.05) is 18.2 Å². The Morgan fingerprint density at radius 2 is 1.89 bits per heavy atom. The van der Waals surface area contributed by atoms with Gasteiger partial charge in [0.2, 0.25) is 6.79 Å². The van der Waals surface area contributed by atoms with Crippen LogP contribution >= 0.6 is 7.75 Å². The number of H-pyrrole nitrogens is 1. The standard InChI is InChI=1S/C20H32N3O11P/c1-12(2)32-17(25)9-21-35(28,31-11-29-20(27)33-13(3)4)30-10-15-8-14(5)18(34-15)23-7-6-16(24)22-19(23)26/h6-7,12-15,18H,8-11H2,1-5H3,(H,21,28)(H,22,24,26)/t14-,15?,18+,35?/m0/s1. The van der Waals surface area contributed by atoms with Crippen LogP contribution in [-0.2, 0) is 37.4 Å². The first-order valence-electron chi connectivity index (χ1n) is 11.0. The van der Waals surface area contributed by atoms with Crippen LogP contribution in [-0.4, -0.2) is 59.9 Å². The predicted octanol–water partition coefficient (Wildman–Crippen LogP) is 1.66. The topological polar surface area (TPSA) is 173 Å². The summed E-state index contributed by atoms with van der Waals surface area (Å²) in [5.41, 5.74) is -1.16.